The van der Waals surface area contributed by atoms with Gasteiger partial charge in [-0.2, -0.15) is 5.10 Å². The van der Waals surface area contributed by atoms with E-state index in [0.717, 1.165) is 16.3 Å². The van der Waals surface area contributed by atoms with Crippen molar-refractivity contribution < 1.29 is 28.5 Å². The van der Waals surface area contributed by atoms with Gasteiger partial charge in [0.05, 0.1) is 26.0 Å². The van der Waals surface area contributed by atoms with E-state index in [-0.39, 0.29) is 11.3 Å². The summed E-state index contributed by atoms with van der Waals surface area (Å²) in [6, 6.07) is 30.9. The number of esters is 1. The molecule has 5 aromatic carbocycles. The minimum Gasteiger partial charge on any atom is -0.493 e. The molecule has 0 aromatic heterocycles. The second-order valence-electron chi connectivity index (χ2n) is 9.66. The molecule has 0 atom stereocenters. The lowest BCUT2D eigenvalue weighted by Crippen LogP contribution is -2.17. The molecule has 0 radical (unpaired) electrons. The molecule has 8 nitrogen and oxygen atoms in total. The number of nitrogens with one attached hydrogen (secondary N) is 1. The van der Waals surface area contributed by atoms with E-state index >= 15 is 0 Å². The molecule has 1 amide bonds. The SMILES string of the molecule is COc1ccc(C(=O)Oc2ccc3ccccc3c2C=NNC(=O)c2ccc(OCc3ccc(C)cc3)cc2)cc1OC. The lowest BCUT2D eigenvalue weighted by molar-refractivity contribution is 0.0734. The van der Waals surface area contributed by atoms with Crippen LogP contribution in [-0.2, 0) is 6.61 Å². The fraction of sp³-hybridized carbons (Fsp3) is 0.114. The number of methoxy groups -OCH3 is 2. The fourth-order valence-electron chi connectivity index (χ4n) is 4.39. The van der Waals surface area contributed by atoms with Crippen molar-refractivity contribution in [1.82, 2.24) is 5.43 Å². The van der Waals surface area contributed by atoms with Gasteiger partial charge < -0.3 is 18.9 Å². The fourth-order valence-corrected chi connectivity index (χ4v) is 4.39. The Morgan fingerprint density at radius 3 is 2.21 bits per heavy atom. The molecule has 43 heavy (non-hydrogen) atoms. The largest absolute Gasteiger partial charge is 0.493 e. The first kappa shape index (κ1) is 28.9. The lowest BCUT2D eigenvalue weighted by Gasteiger charge is -2.12. The van der Waals surface area contributed by atoms with E-state index in [9.17, 15) is 9.59 Å². The van der Waals surface area contributed by atoms with Crippen molar-refractivity contribution in [2.75, 3.05) is 14.2 Å². The van der Waals surface area contributed by atoms with E-state index < -0.39 is 11.9 Å². The van der Waals surface area contributed by atoms with Gasteiger partial charge in [-0.05, 0) is 71.8 Å². The normalized spacial score (nSPS) is 10.9. The molecule has 0 aliphatic carbocycles. The number of carbonyl (C=O) groups excluding carboxylic acids is 2. The van der Waals surface area contributed by atoms with Crippen LogP contribution in [0.1, 0.15) is 37.4 Å². The van der Waals surface area contributed by atoms with Crippen LogP contribution < -0.4 is 24.4 Å². The molecule has 0 aliphatic heterocycles. The van der Waals surface area contributed by atoms with E-state index in [0.29, 0.717) is 35.0 Å². The monoisotopic (exact) mass is 574 g/mol. The van der Waals surface area contributed by atoms with Gasteiger partial charge in [0.2, 0.25) is 0 Å². The summed E-state index contributed by atoms with van der Waals surface area (Å²) in [6.45, 7) is 2.47. The Bertz CT molecular complexity index is 1780. The summed E-state index contributed by atoms with van der Waals surface area (Å²) in [5.41, 5.74) is 6.04. The van der Waals surface area contributed by atoms with E-state index in [2.05, 4.69) is 10.5 Å². The number of ether oxygens (including phenoxy) is 4. The highest BCUT2D eigenvalue weighted by atomic mass is 16.5. The van der Waals surface area contributed by atoms with Crippen molar-refractivity contribution in [2.24, 2.45) is 5.10 Å². The highest BCUT2D eigenvalue weighted by Crippen LogP contribution is 2.30. The van der Waals surface area contributed by atoms with Crippen LogP contribution in [0.5, 0.6) is 23.0 Å². The number of benzene rings is 5. The van der Waals surface area contributed by atoms with Crippen LogP contribution in [0.15, 0.2) is 108 Å². The molecule has 216 valence electrons. The molecule has 1 N–H and O–H groups in total. The van der Waals surface area contributed by atoms with Crippen molar-refractivity contribution in [1.29, 1.82) is 0 Å². The van der Waals surface area contributed by atoms with Crippen molar-refractivity contribution >= 4 is 28.9 Å². The Balaban J connectivity index is 1.29. The molecule has 0 bridgehead atoms. The topological polar surface area (TPSA) is 95.5 Å². The van der Waals surface area contributed by atoms with Crippen molar-refractivity contribution in [3.63, 3.8) is 0 Å². The number of amides is 1. The summed E-state index contributed by atoms with van der Waals surface area (Å²) in [5.74, 6) is 0.859. The molecular formula is C35H30N2O6. The lowest BCUT2D eigenvalue weighted by atomic mass is 10.0. The highest BCUT2D eigenvalue weighted by molar-refractivity contribution is 6.04. The molecule has 0 saturated carbocycles. The zero-order valence-corrected chi connectivity index (χ0v) is 24.0. The number of hydrazone groups is 1. The number of fused-ring (bicyclic) bond motifs is 1. The van der Waals surface area contributed by atoms with E-state index in [4.69, 9.17) is 18.9 Å². The molecule has 5 rings (SSSR count). The maximum Gasteiger partial charge on any atom is 0.343 e. The van der Waals surface area contributed by atoms with Gasteiger partial charge in [0, 0.05) is 11.1 Å². The Morgan fingerprint density at radius 2 is 1.47 bits per heavy atom. The van der Waals surface area contributed by atoms with Crippen molar-refractivity contribution in [3.05, 3.63) is 131 Å². The van der Waals surface area contributed by atoms with Crippen LogP contribution in [0.25, 0.3) is 10.8 Å². The summed E-state index contributed by atoms with van der Waals surface area (Å²) < 4.78 is 22.2. The third-order valence-electron chi connectivity index (χ3n) is 6.75. The molecule has 0 unspecified atom stereocenters. The zero-order chi connectivity index (χ0) is 30.2. The third-order valence-corrected chi connectivity index (χ3v) is 6.75. The first-order chi connectivity index (χ1) is 20.9. The van der Waals surface area contributed by atoms with E-state index in [1.807, 2.05) is 61.5 Å². The van der Waals surface area contributed by atoms with Gasteiger partial charge in [-0.1, -0.05) is 60.2 Å². The maximum absolute atomic E-state index is 13.1. The number of nitrogens with zero attached hydrogens (tertiary/aromatic N) is 1. The Morgan fingerprint density at radius 1 is 0.767 bits per heavy atom. The molecule has 0 spiro atoms. The predicted molar refractivity (Wildman–Crippen MR) is 165 cm³/mol. The van der Waals surface area contributed by atoms with Crippen LogP contribution in [0.2, 0.25) is 0 Å². The van der Waals surface area contributed by atoms with Crippen LogP contribution in [0, 0.1) is 6.92 Å². The summed E-state index contributed by atoms with van der Waals surface area (Å²) in [7, 11) is 3.01. The average Bonchev–Trinajstić information content (AvgIpc) is 3.05. The van der Waals surface area contributed by atoms with Gasteiger partial charge in [-0.3, -0.25) is 4.79 Å². The average molecular weight is 575 g/mol. The van der Waals surface area contributed by atoms with Crippen LogP contribution in [0.3, 0.4) is 0 Å². The first-order valence-corrected chi connectivity index (χ1v) is 13.5. The third kappa shape index (κ3) is 7.00. The highest BCUT2D eigenvalue weighted by Gasteiger charge is 2.16. The summed E-state index contributed by atoms with van der Waals surface area (Å²) in [6.07, 6.45) is 1.47. The second kappa shape index (κ2) is 13.4. The minimum atomic E-state index is -0.584. The van der Waals surface area contributed by atoms with Gasteiger partial charge in [0.25, 0.3) is 5.91 Å². The predicted octanol–water partition coefficient (Wildman–Crippen LogP) is 6.73. The first-order valence-electron chi connectivity index (χ1n) is 13.5. The van der Waals surface area contributed by atoms with Gasteiger partial charge in [-0.15, -0.1) is 0 Å². The van der Waals surface area contributed by atoms with Crippen molar-refractivity contribution in [3.8, 4) is 23.0 Å². The summed E-state index contributed by atoms with van der Waals surface area (Å²) >= 11 is 0. The Hall–Kier alpha value is -5.63. The number of hydrogen-bond acceptors (Lipinski definition) is 7. The molecule has 0 heterocycles. The number of carbonyl (C=O) groups is 2. The van der Waals surface area contributed by atoms with Gasteiger partial charge in [0.15, 0.2) is 11.5 Å². The minimum absolute atomic E-state index is 0.284. The molecule has 8 heteroatoms. The van der Waals surface area contributed by atoms with Crippen LogP contribution >= 0.6 is 0 Å². The van der Waals surface area contributed by atoms with Gasteiger partial charge in [0.1, 0.15) is 18.1 Å². The number of rotatable bonds is 10. The summed E-state index contributed by atoms with van der Waals surface area (Å²) in [5, 5.41) is 5.90. The smallest absolute Gasteiger partial charge is 0.343 e. The Labute approximate surface area is 249 Å². The molecular weight excluding hydrogens is 544 g/mol. The molecule has 0 fully saturated rings. The molecule has 0 aliphatic rings. The van der Waals surface area contributed by atoms with Crippen LogP contribution in [-0.4, -0.2) is 32.3 Å². The Kier molecular flexibility index (Phi) is 8.97. The van der Waals surface area contributed by atoms with Gasteiger partial charge in [-0.25, -0.2) is 10.2 Å². The number of hydrogen-bond donors (Lipinski definition) is 1. The molecule has 0 saturated heterocycles. The quantitative estimate of drug-likeness (QED) is 0.0860. The maximum atomic E-state index is 13.1. The molecule has 5 aromatic rings. The standard InChI is InChI=1S/C35H30N2O6/c1-23-8-10-24(11-9-23)22-42-28-16-12-26(13-17-28)34(38)37-36-21-30-29-7-5-4-6-25(29)14-18-31(30)43-35(39)27-15-19-32(40-2)33(20-27)41-3/h4-21H,22H2,1-3H3,(H,37,38). The van der Waals surface area contributed by atoms with E-state index in [1.54, 1.807) is 48.5 Å². The second-order valence-corrected chi connectivity index (χ2v) is 9.66. The zero-order valence-electron chi connectivity index (χ0n) is 24.0. The van der Waals surface area contributed by atoms with Crippen molar-refractivity contribution in [2.45, 2.75) is 13.5 Å². The number of aryl methyl sites for hydroxylation is 1. The van der Waals surface area contributed by atoms with E-state index in [1.165, 1.54) is 26.0 Å². The van der Waals surface area contributed by atoms with Crippen LogP contribution in [0.4, 0.5) is 0 Å². The van der Waals surface area contributed by atoms with Gasteiger partial charge >= 0.3 is 5.97 Å². The summed E-state index contributed by atoms with van der Waals surface area (Å²) in [4.78, 5) is 25.9.